The van der Waals surface area contributed by atoms with Gasteiger partial charge in [0.1, 0.15) is 0 Å². The second-order valence-electron chi connectivity index (χ2n) is 4.29. The summed E-state index contributed by atoms with van der Waals surface area (Å²) in [6.07, 6.45) is 7.50. The minimum atomic E-state index is -0.0494. The third kappa shape index (κ3) is 1.23. The standard InChI is InChI=1S/C10H17NO/c11-10(12)9-4-2-1-3-7-5-6-8(7)9/h7-9H,1-6H2,(H2,11,12)/t7-,8-,9-/m1/s1. The van der Waals surface area contributed by atoms with Gasteiger partial charge in [0.05, 0.1) is 0 Å². The van der Waals surface area contributed by atoms with Crippen molar-refractivity contribution in [2.75, 3.05) is 0 Å². The molecule has 0 spiro atoms. The van der Waals surface area contributed by atoms with Crippen molar-refractivity contribution in [3.8, 4) is 0 Å². The van der Waals surface area contributed by atoms with Gasteiger partial charge in [-0.15, -0.1) is 0 Å². The van der Waals surface area contributed by atoms with E-state index in [9.17, 15) is 4.79 Å². The Morgan fingerprint density at radius 1 is 1.08 bits per heavy atom. The minimum absolute atomic E-state index is 0.0494. The maximum absolute atomic E-state index is 11.1. The smallest absolute Gasteiger partial charge is 0.220 e. The first-order valence-electron chi connectivity index (χ1n) is 5.08. The summed E-state index contributed by atoms with van der Waals surface area (Å²) < 4.78 is 0. The van der Waals surface area contributed by atoms with Crippen LogP contribution in [0.5, 0.6) is 0 Å². The number of fused-ring (bicyclic) bond motifs is 1. The molecule has 0 heterocycles. The maximum atomic E-state index is 11.1. The highest BCUT2D eigenvalue weighted by molar-refractivity contribution is 5.77. The fourth-order valence-electron chi connectivity index (χ4n) is 2.82. The van der Waals surface area contributed by atoms with Crippen LogP contribution in [0.3, 0.4) is 0 Å². The van der Waals surface area contributed by atoms with E-state index in [1.165, 1.54) is 32.1 Å². The first-order valence-corrected chi connectivity index (χ1v) is 5.08. The summed E-state index contributed by atoms with van der Waals surface area (Å²) in [5.74, 6) is 1.66. The Balaban J connectivity index is 2.05. The van der Waals surface area contributed by atoms with E-state index in [-0.39, 0.29) is 11.8 Å². The molecule has 0 aromatic carbocycles. The van der Waals surface area contributed by atoms with Crippen LogP contribution in [0.1, 0.15) is 38.5 Å². The lowest BCUT2D eigenvalue weighted by molar-refractivity contribution is -0.125. The minimum Gasteiger partial charge on any atom is -0.369 e. The lowest BCUT2D eigenvalue weighted by Crippen LogP contribution is -2.38. The molecule has 3 atom stereocenters. The van der Waals surface area contributed by atoms with E-state index in [0.717, 1.165) is 12.3 Å². The molecule has 0 radical (unpaired) electrons. The molecule has 0 unspecified atom stereocenters. The van der Waals surface area contributed by atoms with Gasteiger partial charge in [-0.2, -0.15) is 0 Å². The van der Waals surface area contributed by atoms with E-state index in [1.807, 2.05) is 0 Å². The molecule has 0 bridgehead atoms. The van der Waals surface area contributed by atoms with Crippen molar-refractivity contribution in [3.63, 3.8) is 0 Å². The third-order valence-corrected chi connectivity index (χ3v) is 3.70. The Bertz CT molecular complexity index is 190. The van der Waals surface area contributed by atoms with Crippen molar-refractivity contribution >= 4 is 5.91 Å². The first kappa shape index (κ1) is 8.09. The summed E-state index contributed by atoms with van der Waals surface area (Å²) >= 11 is 0. The van der Waals surface area contributed by atoms with Gasteiger partial charge in [0, 0.05) is 5.92 Å². The summed E-state index contributed by atoms with van der Waals surface area (Å²) in [7, 11) is 0. The second-order valence-corrected chi connectivity index (χ2v) is 4.29. The monoisotopic (exact) mass is 167 g/mol. The fraction of sp³-hybridized carbons (Fsp3) is 0.900. The Hall–Kier alpha value is -0.530. The van der Waals surface area contributed by atoms with Gasteiger partial charge in [0.2, 0.25) is 5.91 Å². The zero-order chi connectivity index (χ0) is 8.55. The zero-order valence-electron chi connectivity index (χ0n) is 7.46. The van der Waals surface area contributed by atoms with Crippen molar-refractivity contribution in [1.82, 2.24) is 0 Å². The van der Waals surface area contributed by atoms with Crippen LogP contribution in [0.4, 0.5) is 0 Å². The Kier molecular flexibility index (Phi) is 2.07. The molecule has 2 nitrogen and oxygen atoms in total. The number of rotatable bonds is 1. The SMILES string of the molecule is NC(=O)[C@@H]1CCCC[C@@H]2CC[C@H]21. The van der Waals surface area contributed by atoms with Gasteiger partial charge in [-0.25, -0.2) is 0 Å². The Labute approximate surface area is 73.5 Å². The molecule has 1 amide bonds. The second kappa shape index (κ2) is 3.08. The summed E-state index contributed by atoms with van der Waals surface area (Å²) in [6.45, 7) is 0. The van der Waals surface area contributed by atoms with Gasteiger partial charge in [0.25, 0.3) is 0 Å². The van der Waals surface area contributed by atoms with Gasteiger partial charge < -0.3 is 5.73 Å². The number of hydrogen-bond acceptors (Lipinski definition) is 1. The quantitative estimate of drug-likeness (QED) is 0.634. The number of amides is 1. The molecule has 0 aliphatic heterocycles. The average Bonchev–Trinajstić information content (AvgIpc) is 2.10. The van der Waals surface area contributed by atoms with E-state index in [4.69, 9.17) is 5.73 Å². The molecule has 2 aliphatic rings. The maximum Gasteiger partial charge on any atom is 0.220 e. The molecule has 0 aromatic rings. The van der Waals surface area contributed by atoms with Crippen LogP contribution < -0.4 is 5.73 Å². The van der Waals surface area contributed by atoms with Crippen LogP contribution in [-0.2, 0) is 4.79 Å². The number of hydrogen-bond donors (Lipinski definition) is 1. The van der Waals surface area contributed by atoms with Gasteiger partial charge in [-0.1, -0.05) is 19.3 Å². The topological polar surface area (TPSA) is 43.1 Å². The zero-order valence-corrected chi connectivity index (χ0v) is 7.46. The average molecular weight is 167 g/mol. The van der Waals surface area contributed by atoms with Crippen LogP contribution >= 0.6 is 0 Å². The summed E-state index contributed by atoms with van der Waals surface area (Å²) in [5, 5.41) is 0. The van der Waals surface area contributed by atoms with Gasteiger partial charge in [-0.3, -0.25) is 4.79 Å². The van der Waals surface area contributed by atoms with Crippen LogP contribution in [0, 0.1) is 17.8 Å². The number of nitrogens with two attached hydrogens (primary N) is 1. The van der Waals surface area contributed by atoms with Gasteiger partial charge >= 0.3 is 0 Å². The number of primary amides is 1. The van der Waals surface area contributed by atoms with E-state index in [2.05, 4.69) is 0 Å². The molecular weight excluding hydrogens is 150 g/mol. The molecule has 2 rings (SSSR count). The van der Waals surface area contributed by atoms with Crippen LogP contribution in [0.25, 0.3) is 0 Å². The highest BCUT2D eigenvalue weighted by Crippen LogP contribution is 2.46. The Morgan fingerprint density at radius 3 is 2.42 bits per heavy atom. The number of carbonyl (C=O) groups is 1. The summed E-state index contributed by atoms with van der Waals surface area (Å²) in [5.41, 5.74) is 5.38. The summed E-state index contributed by atoms with van der Waals surface area (Å²) in [6, 6.07) is 0. The normalized spacial score (nSPS) is 40.8. The van der Waals surface area contributed by atoms with E-state index in [0.29, 0.717) is 5.92 Å². The van der Waals surface area contributed by atoms with Crippen LogP contribution in [0.2, 0.25) is 0 Å². The highest BCUT2D eigenvalue weighted by atomic mass is 16.1. The van der Waals surface area contributed by atoms with E-state index in [1.54, 1.807) is 0 Å². The third-order valence-electron chi connectivity index (χ3n) is 3.70. The van der Waals surface area contributed by atoms with Crippen molar-refractivity contribution in [1.29, 1.82) is 0 Å². The number of carbonyl (C=O) groups excluding carboxylic acids is 1. The largest absolute Gasteiger partial charge is 0.369 e. The molecule has 2 fully saturated rings. The lowest BCUT2D eigenvalue weighted by Gasteiger charge is -2.39. The van der Waals surface area contributed by atoms with Crippen molar-refractivity contribution in [2.45, 2.75) is 38.5 Å². The highest BCUT2D eigenvalue weighted by Gasteiger charge is 2.40. The van der Waals surface area contributed by atoms with Crippen LogP contribution in [-0.4, -0.2) is 5.91 Å². The fourth-order valence-corrected chi connectivity index (χ4v) is 2.82. The lowest BCUT2D eigenvalue weighted by atomic mass is 9.66. The van der Waals surface area contributed by atoms with E-state index < -0.39 is 0 Å². The molecule has 12 heavy (non-hydrogen) atoms. The molecule has 2 aliphatic carbocycles. The van der Waals surface area contributed by atoms with E-state index >= 15 is 0 Å². The van der Waals surface area contributed by atoms with Crippen LogP contribution in [0.15, 0.2) is 0 Å². The molecule has 2 heteroatoms. The predicted octanol–water partition coefficient (Wildman–Crippen LogP) is 1.69. The van der Waals surface area contributed by atoms with Crippen molar-refractivity contribution in [2.24, 2.45) is 23.5 Å². The molecule has 2 saturated carbocycles. The molecule has 0 saturated heterocycles. The van der Waals surface area contributed by atoms with Crippen molar-refractivity contribution in [3.05, 3.63) is 0 Å². The Morgan fingerprint density at radius 2 is 1.83 bits per heavy atom. The first-order chi connectivity index (χ1) is 5.79. The molecular formula is C10H17NO. The molecule has 68 valence electrons. The molecule has 0 aromatic heterocycles. The summed E-state index contributed by atoms with van der Waals surface area (Å²) in [4.78, 5) is 11.1. The van der Waals surface area contributed by atoms with Crippen molar-refractivity contribution < 1.29 is 4.79 Å². The molecule has 2 N–H and O–H groups in total. The predicted molar refractivity (Wildman–Crippen MR) is 47.4 cm³/mol. The van der Waals surface area contributed by atoms with Gasteiger partial charge in [0.15, 0.2) is 0 Å². The van der Waals surface area contributed by atoms with Gasteiger partial charge in [-0.05, 0) is 31.1 Å².